The van der Waals surface area contributed by atoms with Crippen LogP contribution in [0.1, 0.15) is 42.5 Å². The van der Waals surface area contributed by atoms with Crippen molar-refractivity contribution in [3.63, 3.8) is 0 Å². The summed E-state index contributed by atoms with van der Waals surface area (Å²) in [4.78, 5) is 12.1. The van der Waals surface area contributed by atoms with Crippen LogP contribution in [0.15, 0.2) is 42.5 Å². The third-order valence-electron chi connectivity index (χ3n) is 4.17. The van der Waals surface area contributed by atoms with Gasteiger partial charge < -0.3 is 10.1 Å². The lowest BCUT2D eigenvalue weighted by atomic mass is 10.0. The van der Waals surface area contributed by atoms with Crippen LogP contribution in [-0.4, -0.2) is 18.6 Å². The molecule has 134 valence electrons. The highest BCUT2D eigenvalue weighted by molar-refractivity contribution is 5.78. The monoisotopic (exact) mass is 339 g/mol. The van der Waals surface area contributed by atoms with Crippen LogP contribution in [0.25, 0.3) is 0 Å². The van der Waals surface area contributed by atoms with E-state index in [-0.39, 0.29) is 12.0 Å². The van der Waals surface area contributed by atoms with Crippen molar-refractivity contribution < 1.29 is 9.53 Å². The van der Waals surface area contributed by atoms with Crippen LogP contribution in [-0.2, 0) is 17.6 Å². The van der Waals surface area contributed by atoms with Crippen LogP contribution in [0.5, 0.6) is 5.75 Å². The number of carbonyl (C=O) groups is 1. The maximum Gasteiger partial charge on any atom is 0.224 e. The zero-order valence-electron chi connectivity index (χ0n) is 15.8. The maximum atomic E-state index is 12.1. The molecule has 0 bridgehead atoms. The standard InChI is InChI=1S/C22H29NO2/c1-16(2)25-21-9-5-7-19(14-21)8-6-12-23-22(24)15-20-11-10-17(3)18(4)13-20/h5,7,9-11,13-14,16H,6,8,12,15H2,1-4H3,(H,23,24). The molecule has 3 heteroatoms. The van der Waals surface area contributed by atoms with Gasteiger partial charge in [-0.1, -0.05) is 30.3 Å². The molecule has 1 N–H and O–H groups in total. The first kappa shape index (κ1) is 19.0. The highest BCUT2D eigenvalue weighted by atomic mass is 16.5. The van der Waals surface area contributed by atoms with Gasteiger partial charge in [0.05, 0.1) is 12.5 Å². The summed E-state index contributed by atoms with van der Waals surface area (Å²) >= 11 is 0. The van der Waals surface area contributed by atoms with Gasteiger partial charge >= 0.3 is 0 Å². The van der Waals surface area contributed by atoms with Gasteiger partial charge in [-0.15, -0.1) is 0 Å². The molecule has 0 aromatic heterocycles. The number of aryl methyl sites for hydroxylation is 3. The van der Waals surface area contributed by atoms with E-state index in [4.69, 9.17) is 4.74 Å². The van der Waals surface area contributed by atoms with E-state index in [1.807, 2.05) is 32.0 Å². The van der Waals surface area contributed by atoms with Crippen LogP contribution in [0.2, 0.25) is 0 Å². The fourth-order valence-corrected chi connectivity index (χ4v) is 2.73. The fourth-order valence-electron chi connectivity index (χ4n) is 2.73. The van der Waals surface area contributed by atoms with Crippen LogP contribution < -0.4 is 10.1 Å². The summed E-state index contributed by atoms with van der Waals surface area (Å²) in [5, 5.41) is 3.01. The number of amides is 1. The Kier molecular flexibility index (Phi) is 7.05. The normalized spacial score (nSPS) is 10.8. The van der Waals surface area contributed by atoms with Gasteiger partial charge in [0.2, 0.25) is 5.91 Å². The molecule has 3 nitrogen and oxygen atoms in total. The van der Waals surface area contributed by atoms with E-state index >= 15 is 0 Å². The largest absolute Gasteiger partial charge is 0.491 e. The van der Waals surface area contributed by atoms with Gasteiger partial charge in [-0.3, -0.25) is 4.79 Å². The van der Waals surface area contributed by atoms with Gasteiger partial charge in [-0.05, 0) is 74.9 Å². The van der Waals surface area contributed by atoms with Crippen LogP contribution >= 0.6 is 0 Å². The molecule has 0 fully saturated rings. The molecule has 0 spiro atoms. The molecule has 0 aliphatic rings. The first-order valence-electron chi connectivity index (χ1n) is 9.02. The molecular weight excluding hydrogens is 310 g/mol. The molecule has 0 atom stereocenters. The number of hydrogen-bond donors (Lipinski definition) is 1. The molecule has 0 aliphatic carbocycles. The number of ether oxygens (including phenoxy) is 1. The molecule has 0 heterocycles. The molecule has 2 aromatic carbocycles. The maximum absolute atomic E-state index is 12.1. The van der Waals surface area contributed by atoms with Gasteiger partial charge in [0.15, 0.2) is 0 Å². The minimum atomic E-state index is 0.0835. The fraction of sp³-hybridized carbons (Fsp3) is 0.409. The Balaban J connectivity index is 1.73. The lowest BCUT2D eigenvalue weighted by Crippen LogP contribution is -2.26. The van der Waals surface area contributed by atoms with E-state index in [0.29, 0.717) is 13.0 Å². The highest BCUT2D eigenvalue weighted by Crippen LogP contribution is 2.16. The van der Waals surface area contributed by atoms with Crippen LogP contribution in [0.3, 0.4) is 0 Å². The summed E-state index contributed by atoms with van der Waals surface area (Å²) in [6, 6.07) is 14.4. The summed E-state index contributed by atoms with van der Waals surface area (Å²) in [5.41, 5.74) is 4.79. The van der Waals surface area contributed by atoms with Crippen molar-refractivity contribution in [3.8, 4) is 5.75 Å². The summed E-state index contributed by atoms with van der Waals surface area (Å²) < 4.78 is 5.71. The zero-order valence-corrected chi connectivity index (χ0v) is 15.8. The number of carbonyl (C=O) groups excluding carboxylic acids is 1. The lowest BCUT2D eigenvalue weighted by molar-refractivity contribution is -0.120. The summed E-state index contributed by atoms with van der Waals surface area (Å²) in [6.45, 7) is 8.91. The average molecular weight is 339 g/mol. The predicted octanol–water partition coefficient (Wildman–Crippen LogP) is 4.38. The van der Waals surface area contributed by atoms with Crippen molar-refractivity contribution >= 4 is 5.91 Å². The quantitative estimate of drug-likeness (QED) is 0.725. The molecule has 25 heavy (non-hydrogen) atoms. The molecular formula is C22H29NO2. The molecule has 2 rings (SSSR count). The minimum Gasteiger partial charge on any atom is -0.491 e. The SMILES string of the molecule is Cc1ccc(CC(=O)NCCCc2cccc(OC(C)C)c2)cc1C. The van der Waals surface area contributed by atoms with Crippen molar-refractivity contribution in [1.82, 2.24) is 5.32 Å². The Labute approximate surface area is 151 Å². The predicted molar refractivity (Wildman–Crippen MR) is 103 cm³/mol. The van der Waals surface area contributed by atoms with Gasteiger partial charge in [0, 0.05) is 6.54 Å². The Hall–Kier alpha value is -2.29. The Morgan fingerprint density at radius 3 is 2.56 bits per heavy atom. The van der Waals surface area contributed by atoms with Crippen molar-refractivity contribution in [2.75, 3.05) is 6.54 Å². The van der Waals surface area contributed by atoms with Gasteiger partial charge in [-0.2, -0.15) is 0 Å². The first-order chi connectivity index (χ1) is 11.9. The molecule has 0 aliphatic heterocycles. The second kappa shape index (κ2) is 9.26. The van der Waals surface area contributed by atoms with Gasteiger partial charge in [0.25, 0.3) is 0 Å². The van der Waals surface area contributed by atoms with Crippen molar-refractivity contribution in [2.45, 2.75) is 53.1 Å². The Morgan fingerprint density at radius 2 is 1.84 bits per heavy atom. The van der Waals surface area contributed by atoms with E-state index in [1.54, 1.807) is 0 Å². The smallest absolute Gasteiger partial charge is 0.224 e. The second-order valence-electron chi connectivity index (χ2n) is 6.86. The second-order valence-corrected chi connectivity index (χ2v) is 6.86. The Bertz CT molecular complexity index is 707. The lowest BCUT2D eigenvalue weighted by Gasteiger charge is -2.11. The molecule has 0 unspecified atom stereocenters. The summed E-state index contributed by atoms with van der Waals surface area (Å²) in [6.07, 6.45) is 2.47. The van der Waals surface area contributed by atoms with Crippen molar-refractivity contribution in [1.29, 1.82) is 0 Å². The van der Waals surface area contributed by atoms with E-state index in [1.165, 1.54) is 16.7 Å². The summed E-state index contributed by atoms with van der Waals surface area (Å²) in [5.74, 6) is 0.992. The Morgan fingerprint density at radius 1 is 1.04 bits per heavy atom. The van der Waals surface area contributed by atoms with Crippen LogP contribution in [0, 0.1) is 13.8 Å². The van der Waals surface area contributed by atoms with Crippen LogP contribution in [0.4, 0.5) is 0 Å². The average Bonchev–Trinajstić information content (AvgIpc) is 2.55. The zero-order chi connectivity index (χ0) is 18.2. The van der Waals surface area contributed by atoms with Crippen molar-refractivity contribution in [3.05, 3.63) is 64.7 Å². The summed E-state index contributed by atoms with van der Waals surface area (Å²) in [7, 11) is 0. The molecule has 0 saturated carbocycles. The van der Waals surface area contributed by atoms with E-state index in [2.05, 4.69) is 43.4 Å². The van der Waals surface area contributed by atoms with Gasteiger partial charge in [0.1, 0.15) is 5.75 Å². The van der Waals surface area contributed by atoms with E-state index < -0.39 is 0 Å². The van der Waals surface area contributed by atoms with Gasteiger partial charge in [-0.25, -0.2) is 0 Å². The third kappa shape index (κ3) is 6.61. The molecule has 0 radical (unpaired) electrons. The number of nitrogens with one attached hydrogen (secondary N) is 1. The third-order valence-corrected chi connectivity index (χ3v) is 4.17. The minimum absolute atomic E-state index is 0.0835. The highest BCUT2D eigenvalue weighted by Gasteiger charge is 2.05. The molecule has 0 saturated heterocycles. The topological polar surface area (TPSA) is 38.3 Å². The van der Waals surface area contributed by atoms with E-state index in [0.717, 1.165) is 24.2 Å². The number of rotatable bonds is 8. The van der Waals surface area contributed by atoms with E-state index in [9.17, 15) is 4.79 Å². The molecule has 2 aromatic rings. The van der Waals surface area contributed by atoms with Crippen molar-refractivity contribution in [2.24, 2.45) is 0 Å². The number of hydrogen-bond acceptors (Lipinski definition) is 2. The first-order valence-corrected chi connectivity index (χ1v) is 9.02. The molecule has 1 amide bonds. The number of benzene rings is 2.